The lowest BCUT2D eigenvalue weighted by atomic mass is 10.2. The SMILES string of the molecule is CCN(CC(O)COc1cccc([N+](=O)[O-])c1)C1CCCC1. The zero-order valence-electron chi connectivity index (χ0n) is 13.0. The van der Waals surface area contributed by atoms with E-state index in [9.17, 15) is 15.2 Å². The van der Waals surface area contributed by atoms with Crippen molar-refractivity contribution in [2.75, 3.05) is 19.7 Å². The lowest BCUT2D eigenvalue weighted by Gasteiger charge is -2.29. The molecule has 1 N–H and O–H groups in total. The molecule has 1 aromatic rings. The molecule has 1 aliphatic rings. The lowest BCUT2D eigenvalue weighted by molar-refractivity contribution is -0.384. The summed E-state index contributed by atoms with van der Waals surface area (Å²) in [6.45, 7) is 3.74. The van der Waals surface area contributed by atoms with Gasteiger partial charge < -0.3 is 9.84 Å². The second-order valence-electron chi connectivity index (χ2n) is 5.75. The molecular weight excluding hydrogens is 284 g/mol. The summed E-state index contributed by atoms with van der Waals surface area (Å²) in [5, 5.41) is 20.9. The van der Waals surface area contributed by atoms with Crippen molar-refractivity contribution < 1.29 is 14.8 Å². The van der Waals surface area contributed by atoms with Gasteiger partial charge in [-0.2, -0.15) is 0 Å². The first-order chi connectivity index (χ1) is 10.6. The molecule has 0 aliphatic heterocycles. The molecule has 0 bridgehead atoms. The minimum atomic E-state index is -0.597. The smallest absolute Gasteiger partial charge is 0.273 e. The van der Waals surface area contributed by atoms with E-state index in [-0.39, 0.29) is 12.3 Å². The molecule has 0 saturated heterocycles. The highest BCUT2D eigenvalue weighted by Gasteiger charge is 2.23. The van der Waals surface area contributed by atoms with Gasteiger partial charge in [0.25, 0.3) is 5.69 Å². The Bertz CT molecular complexity index is 489. The van der Waals surface area contributed by atoms with Crippen LogP contribution in [0.1, 0.15) is 32.6 Å². The Morgan fingerprint density at radius 1 is 1.45 bits per heavy atom. The van der Waals surface area contributed by atoms with Crippen LogP contribution in [0.5, 0.6) is 5.75 Å². The standard InChI is InChI=1S/C16H24N2O4/c1-2-17(13-6-3-4-7-13)11-15(19)12-22-16-9-5-8-14(10-16)18(20)21/h5,8-10,13,15,19H,2-4,6-7,11-12H2,1H3. The molecule has 6 nitrogen and oxygen atoms in total. The summed E-state index contributed by atoms with van der Waals surface area (Å²) in [6, 6.07) is 6.60. The fourth-order valence-electron chi connectivity index (χ4n) is 3.01. The Labute approximate surface area is 130 Å². The number of nitro groups is 1. The van der Waals surface area contributed by atoms with Gasteiger partial charge in [-0.25, -0.2) is 0 Å². The van der Waals surface area contributed by atoms with Crippen molar-refractivity contribution in [2.45, 2.75) is 44.8 Å². The third kappa shape index (κ3) is 4.68. The molecule has 1 atom stereocenters. The monoisotopic (exact) mass is 308 g/mol. The fourth-order valence-corrected chi connectivity index (χ4v) is 3.01. The second kappa shape index (κ2) is 8.10. The number of likely N-dealkylation sites (N-methyl/N-ethyl adjacent to an activating group) is 1. The largest absolute Gasteiger partial charge is 0.491 e. The average Bonchev–Trinajstić information content (AvgIpc) is 3.05. The summed E-state index contributed by atoms with van der Waals surface area (Å²) in [5.74, 6) is 0.414. The molecule has 1 fully saturated rings. The maximum absolute atomic E-state index is 10.7. The third-order valence-electron chi connectivity index (χ3n) is 4.16. The maximum Gasteiger partial charge on any atom is 0.273 e. The van der Waals surface area contributed by atoms with Gasteiger partial charge in [-0.15, -0.1) is 0 Å². The van der Waals surface area contributed by atoms with E-state index in [0.29, 0.717) is 18.3 Å². The van der Waals surface area contributed by atoms with Crippen LogP contribution in [0.2, 0.25) is 0 Å². The Hall–Kier alpha value is -1.66. The van der Waals surface area contributed by atoms with Crippen molar-refractivity contribution in [1.82, 2.24) is 4.90 Å². The van der Waals surface area contributed by atoms with Crippen LogP contribution in [-0.4, -0.2) is 46.8 Å². The number of hydrogen-bond acceptors (Lipinski definition) is 5. The molecule has 0 aromatic heterocycles. The predicted molar refractivity (Wildman–Crippen MR) is 84.1 cm³/mol. The van der Waals surface area contributed by atoms with Gasteiger partial charge in [0.15, 0.2) is 0 Å². The third-order valence-corrected chi connectivity index (χ3v) is 4.16. The number of hydrogen-bond donors (Lipinski definition) is 1. The van der Waals surface area contributed by atoms with Crippen LogP contribution in [0, 0.1) is 10.1 Å². The molecule has 1 aromatic carbocycles. The molecule has 122 valence electrons. The normalized spacial score (nSPS) is 16.9. The summed E-state index contributed by atoms with van der Waals surface area (Å²) >= 11 is 0. The Balaban J connectivity index is 1.82. The quantitative estimate of drug-likeness (QED) is 0.590. The van der Waals surface area contributed by atoms with Gasteiger partial charge in [0.2, 0.25) is 0 Å². The highest BCUT2D eigenvalue weighted by Crippen LogP contribution is 2.23. The molecule has 1 aliphatic carbocycles. The van der Waals surface area contributed by atoms with Crippen LogP contribution in [0.3, 0.4) is 0 Å². The molecular formula is C16H24N2O4. The van der Waals surface area contributed by atoms with E-state index >= 15 is 0 Å². The van der Waals surface area contributed by atoms with Crippen molar-refractivity contribution in [3.05, 3.63) is 34.4 Å². The first-order valence-electron chi connectivity index (χ1n) is 7.89. The first-order valence-corrected chi connectivity index (χ1v) is 7.89. The van der Waals surface area contributed by atoms with Crippen LogP contribution in [-0.2, 0) is 0 Å². The first kappa shape index (κ1) is 16.7. The van der Waals surface area contributed by atoms with E-state index in [0.717, 1.165) is 6.54 Å². The molecule has 6 heteroatoms. The van der Waals surface area contributed by atoms with E-state index in [1.54, 1.807) is 12.1 Å². The summed E-state index contributed by atoms with van der Waals surface area (Å²) in [6.07, 6.45) is 4.33. The number of nitro benzene ring substituents is 1. The molecule has 0 heterocycles. The zero-order chi connectivity index (χ0) is 15.9. The van der Waals surface area contributed by atoms with Crippen molar-refractivity contribution in [3.8, 4) is 5.75 Å². The maximum atomic E-state index is 10.7. The van der Waals surface area contributed by atoms with Gasteiger partial charge in [-0.05, 0) is 25.5 Å². The van der Waals surface area contributed by atoms with Crippen molar-refractivity contribution in [2.24, 2.45) is 0 Å². The molecule has 22 heavy (non-hydrogen) atoms. The van der Waals surface area contributed by atoms with Crippen LogP contribution >= 0.6 is 0 Å². The van der Waals surface area contributed by atoms with Crippen molar-refractivity contribution >= 4 is 5.69 Å². The van der Waals surface area contributed by atoms with Gasteiger partial charge in [-0.3, -0.25) is 15.0 Å². The van der Waals surface area contributed by atoms with Crippen molar-refractivity contribution in [1.29, 1.82) is 0 Å². The van der Waals surface area contributed by atoms with Crippen LogP contribution < -0.4 is 4.74 Å². The summed E-state index contributed by atoms with van der Waals surface area (Å²) < 4.78 is 5.49. The Morgan fingerprint density at radius 3 is 2.82 bits per heavy atom. The van der Waals surface area contributed by atoms with E-state index in [2.05, 4.69) is 11.8 Å². The predicted octanol–water partition coefficient (Wildman–Crippen LogP) is 2.60. The zero-order valence-corrected chi connectivity index (χ0v) is 13.0. The molecule has 1 saturated carbocycles. The minimum Gasteiger partial charge on any atom is -0.491 e. The summed E-state index contributed by atoms with van der Waals surface area (Å²) in [7, 11) is 0. The van der Waals surface area contributed by atoms with Crippen molar-refractivity contribution in [3.63, 3.8) is 0 Å². The molecule has 0 amide bonds. The Kier molecular flexibility index (Phi) is 6.15. The van der Waals surface area contributed by atoms with Gasteiger partial charge >= 0.3 is 0 Å². The molecule has 0 radical (unpaired) electrons. The van der Waals surface area contributed by atoms with E-state index < -0.39 is 11.0 Å². The highest BCUT2D eigenvalue weighted by atomic mass is 16.6. The highest BCUT2D eigenvalue weighted by molar-refractivity contribution is 5.37. The topological polar surface area (TPSA) is 75.8 Å². The Morgan fingerprint density at radius 2 is 2.18 bits per heavy atom. The van der Waals surface area contributed by atoms with Gasteiger partial charge in [0, 0.05) is 18.7 Å². The van der Waals surface area contributed by atoms with E-state index in [1.807, 2.05) is 0 Å². The van der Waals surface area contributed by atoms with Crippen LogP contribution in [0.15, 0.2) is 24.3 Å². The van der Waals surface area contributed by atoms with E-state index in [1.165, 1.54) is 37.8 Å². The fraction of sp³-hybridized carbons (Fsp3) is 0.625. The second-order valence-corrected chi connectivity index (χ2v) is 5.75. The molecule has 0 spiro atoms. The average molecular weight is 308 g/mol. The van der Waals surface area contributed by atoms with Gasteiger partial charge in [0.05, 0.1) is 11.0 Å². The summed E-state index contributed by atoms with van der Waals surface area (Å²) in [4.78, 5) is 12.6. The van der Waals surface area contributed by atoms with Gasteiger partial charge in [-0.1, -0.05) is 25.8 Å². The number of ether oxygens (including phenoxy) is 1. The number of benzene rings is 1. The van der Waals surface area contributed by atoms with E-state index in [4.69, 9.17) is 4.74 Å². The number of nitrogens with zero attached hydrogens (tertiary/aromatic N) is 2. The van der Waals surface area contributed by atoms with Gasteiger partial charge in [0.1, 0.15) is 18.5 Å². The van der Waals surface area contributed by atoms with Crippen LogP contribution in [0.25, 0.3) is 0 Å². The molecule has 2 rings (SSSR count). The number of aliphatic hydroxyl groups is 1. The lowest BCUT2D eigenvalue weighted by Crippen LogP contribution is -2.41. The van der Waals surface area contributed by atoms with Crippen LogP contribution in [0.4, 0.5) is 5.69 Å². The number of non-ortho nitro benzene ring substituents is 1. The minimum absolute atomic E-state index is 0.00636. The molecule has 1 unspecified atom stereocenters. The summed E-state index contributed by atoms with van der Waals surface area (Å²) in [5.41, 5.74) is -0.00636. The number of aliphatic hydroxyl groups excluding tert-OH is 1. The number of rotatable bonds is 8.